The lowest BCUT2D eigenvalue weighted by Gasteiger charge is -2.49. The number of benzene rings is 2. The summed E-state index contributed by atoms with van der Waals surface area (Å²) in [6.07, 6.45) is 3.65. The van der Waals surface area contributed by atoms with Crippen LogP contribution >= 0.6 is 23.2 Å². The minimum Gasteiger partial charge on any atom is -0.618 e. The third-order valence-corrected chi connectivity index (χ3v) is 9.70. The van der Waals surface area contributed by atoms with E-state index >= 15 is 0 Å². The van der Waals surface area contributed by atoms with Gasteiger partial charge in [-0.15, -0.1) is 0 Å². The minimum absolute atomic E-state index is 0.135. The van der Waals surface area contributed by atoms with Crippen molar-refractivity contribution in [3.63, 3.8) is 0 Å². The second-order valence-electron chi connectivity index (χ2n) is 11.4. The zero-order valence-electron chi connectivity index (χ0n) is 24.2. The number of amides is 2. The highest BCUT2D eigenvalue weighted by Crippen LogP contribution is 2.48. The Morgan fingerprint density at radius 2 is 1.82 bits per heavy atom. The van der Waals surface area contributed by atoms with Crippen LogP contribution in [-0.4, -0.2) is 48.6 Å². The van der Waals surface area contributed by atoms with E-state index < -0.39 is 52.6 Å². The van der Waals surface area contributed by atoms with Gasteiger partial charge in [-0.25, -0.2) is 13.1 Å². The molecule has 44 heavy (non-hydrogen) atoms. The van der Waals surface area contributed by atoms with Gasteiger partial charge in [0.2, 0.25) is 27.3 Å². The third kappa shape index (κ3) is 6.43. The maximum Gasteiger partial charge on any atom is 0.255 e. The van der Waals surface area contributed by atoms with Gasteiger partial charge in [0, 0.05) is 39.8 Å². The molecule has 10 nitrogen and oxygen atoms in total. The van der Waals surface area contributed by atoms with E-state index in [9.17, 15) is 28.3 Å². The number of aliphatic hydroxyl groups excluding tert-OH is 1. The number of pyridine rings is 1. The van der Waals surface area contributed by atoms with Gasteiger partial charge in [-0.05, 0) is 55.2 Å². The SMILES string of the molecule is CC(NC(=O)[C@@H]1c2ccccc2C(=O)N([C@H]2CCCC[C@@H]2NS(C)(=O)=O)[C@H]1c1ccc(Cl)cc1Cl)c1cccc(CO)[n+]1[O-]. The Morgan fingerprint density at radius 3 is 2.52 bits per heavy atom. The number of hydrogen-bond donors (Lipinski definition) is 3. The molecule has 13 heteroatoms. The number of carbonyl (C=O) groups is 2. The van der Waals surface area contributed by atoms with Gasteiger partial charge in [-0.2, -0.15) is 4.73 Å². The maximum atomic E-state index is 14.4. The molecule has 0 radical (unpaired) electrons. The molecule has 2 aliphatic rings. The smallest absolute Gasteiger partial charge is 0.255 e. The Hall–Kier alpha value is -3.22. The summed E-state index contributed by atoms with van der Waals surface area (Å²) in [6, 6.07) is 13.6. The average Bonchev–Trinajstić information content (AvgIpc) is 2.97. The van der Waals surface area contributed by atoms with Crippen LogP contribution in [0.1, 0.15) is 83.5 Å². The molecule has 0 saturated heterocycles. The van der Waals surface area contributed by atoms with E-state index in [1.807, 2.05) is 0 Å². The summed E-state index contributed by atoms with van der Waals surface area (Å²) < 4.78 is 28.1. The van der Waals surface area contributed by atoms with Crippen molar-refractivity contribution in [1.82, 2.24) is 14.9 Å². The number of hydrogen-bond acceptors (Lipinski definition) is 6. The van der Waals surface area contributed by atoms with Crippen LogP contribution in [0, 0.1) is 5.21 Å². The zero-order valence-corrected chi connectivity index (χ0v) is 26.6. The summed E-state index contributed by atoms with van der Waals surface area (Å²) in [6.45, 7) is 1.20. The summed E-state index contributed by atoms with van der Waals surface area (Å²) in [5.41, 5.74) is 1.66. The van der Waals surface area contributed by atoms with E-state index in [-0.39, 0.29) is 22.3 Å². The second kappa shape index (κ2) is 13.0. The number of aromatic nitrogens is 1. The van der Waals surface area contributed by atoms with Gasteiger partial charge in [-0.1, -0.05) is 60.3 Å². The topological polar surface area (TPSA) is 143 Å². The molecular formula is C31H34Cl2N4O6S. The first-order chi connectivity index (χ1) is 20.9. The largest absolute Gasteiger partial charge is 0.618 e. The molecule has 1 aliphatic carbocycles. The van der Waals surface area contributed by atoms with Gasteiger partial charge >= 0.3 is 0 Å². The number of aliphatic hydroxyl groups is 1. The molecule has 1 aromatic heterocycles. The van der Waals surface area contributed by atoms with Crippen LogP contribution in [0.2, 0.25) is 10.0 Å². The van der Waals surface area contributed by atoms with Gasteiger partial charge < -0.3 is 20.5 Å². The first-order valence-electron chi connectivity index (χ1n) is 14.4. The molecule has 1 fully saturated rings. The van der Waals surface area contributed by atoms with E-state index in [0.29, 0.717) is 39.3 Å². The van der Waals surface area contributed by atoms with Crippen molar-refractivity contribution in [2.75, 3.05) is 6.26 Å². The van der Waals surface area contributed by atoms with E-state index in [1.165, 1.54) is 6.07 Å². The van der Waals surface area contributed by atoms with E-state index in [0.717, 1.165) is 19.1 Å². The first kappa shape index (κ1) is 32.2. The highest BCUT2D eigenvalue weighted by Gasteiger charge is 2.49. The van der Waals surface area contributed by atoms with Gasteiger partial charge in [0.1, 0.15) is 12.6 Å². The number of nitrogens with zero attached hydrogens (tertiary/aromatic N) is 2. The van der Waals surface area contributed by atoms with Gasteiger partial charge in [0.25, 0.3) is 5.91 Å². The molecule has 0 bridgehead atoms. The summed E-state index contributed by atoms with van der Waals surface area (Å²) >= 11 is 13.0. The lowest BCUT2D eigenvalue weighted by atomic mass is 9.76. The Bertz CT molecular complexity index is 1690. The molecule has 1 unspecified atom stereocenters. The minimum atomic E-state index is -3.62. The zero-order chi connectivity index (χ0) is 31.8. The second-order valence-corrected chi connectivity index (χ2v) is 14.0. The van der Waals surface area contributed by atoms with Crippen molar-refractivity contribution in [3.8, 4) is 0 Å². The molecular weight excluding hydrogens is 627 g/mol. The quantitative estimate of drug-likeness (QED) is 0.245. The highest BCUT2D eigenvalue weighted by atomic mass is 35.5. The fraction of sp³-hybridized carbons (Fsp3) is 0.387. The van der Waals surface area contributed by atoms with E-state index in [4.69, 9.17) is 23.2 Å². The van der Waals surface area contributed by atoms with E-state index in [1.54, 1.807) is 66.4 Å². The lowest BCUT2D eigenvalue weighted by Crippen LogP contribution is -2.59. The van der Waals surface area contributed by atoms with Crippen LogP contribution in [0.5, 0.6) is 0 Å². The monoisotopic (exact) mass is 660 g/mol. The standard InChI is InChI=1S/C31H34Cl2N4O6S/c1-18(26-13-7-8-20(17-38)37(26)41)34-30(39)28-21-9-3-4-10-22(21)31(40)36(29(28)23-15-14-19(32)16-24(23)33)27-12-6-5-11-25(27)35-44(2,42)43/h3-4,7-10,13-16,18,25,27-29,35,38H,5-6,11-12,17H2,1-2H3,(H,34,39)/t18?,25-,27-,28+,29-/m0/s1. The Balaban J connectivity index is 1.66. The normalized spacial score (nSPS) is 22.8. The molecule has 2 amide bonds. The Kier molecular flexibility index (Phi) is 9.52. The number of rotatable bonds is 8. The molecule has 3 N–H and O–H groups in total. The van der Waals surface area contributed by atoms with Crippen molar-refractivity contribution in [2.24, 2.45) is 0 Å². The number of carbonyl (C=O) groups excluding carboxylic acids is 2. The molecule has 0 spiro atoms. The molecule has 3 aromatic rings. The van der Waals surface area contributed by atoms with Crippen LogP contribution in [0.15, 0.2) is 60.7 Å². The maximum absolute atomic E-state index is 14.4. The van der Waals surface area contributed by atoms with E-state index in [2.05, 4.69) is 10.0 Å². The summed E-state index contributed by atoms with van der Waals surface area (Å²) in [5, 5.41) is 26.0. The predicted molar refractivity (Wildman–Crippen MR) is 166 cm³/mol. The average molecular weight is 662 g/mol. The van der Waals surface area contributed by atoms with Crippen molar-refractivity contribution in [1.29, 1.82) is 0 Å². The van der Waals surface area contributed by atoms with Gasteiger partial charge in [-0.3, -0.25) is 9.59 Å². The number of nitrogens with one attached hydrogen (secondary N) is 2. The van der Waals surface area contributed by atoms with Crippen LogP contribution in [0.3, 0.4) is 0 Å². The number of sulfonamides is 1. The summed E-state index contributed by atoms with van der Waals surface area (Å²) in [7, 11) is -3.62. The van der Waals surface area contributed by atoms with Crippen LogP contribution in [-0.2, 0) is 21.4 Å². The van der Waals surface area contributed by atoms with Crippen molar-refractivity contribution >= 4 is 45.0 Å². The van der Waals surface area contributed by atoms with Gasteiger partial charge in [0.15, 0.2) is 0 Å². The van der Waals surface area contributed by atoms with Crippen LogP contribution < -0.4 is 14.8 Å². The molecule has 1 saturated carbocycles. The highest BCUT2D eigenvalue weighted by molar-refractivity contribution is 7.88. The molecule has 5 rings (SSSR count). The number of halogens is 2. The Labute approximate surface area is 266 Å². The predicted octanol–water partition coefficient (Wildman–Crippen LogP) is 4.14. The fourth-order valence-electron chi connectivity index (χ4n) is 6.50. The summed E-state index contributed by atoms with van der Waals surface area (Å²) in [5.74, 6) is -1.78. The third-order valence-electron chi connectivity index (χ3n) is 8.41. The molecule has 5 atom stereocenters. The van der Waals surface area contributed by atoms with Gasteiger partial charge in [0.05, 0.1) is 18.2 Å². The molecule has 2 aromatic carbocycles. The van der Waals surface area contributed by atoms with Crippen molar-refractivity contribution < 1.29 is 27.8 Å². The first-order valence-corrected chi connectivity index (χ1v) is 17.0. The molecule has 1 aliphatic heterocycles. The molecule has 234 valence electrons. The van der Waals surface area contributed by atoms with Crippen molar-refractivity contribution in [3.05, 3.63) is 104 Å². The summed E-state index contributed by atoms with van der Waals surface area (Å²) in [4.78, 5) is 30.4. The molecule has 2 heterocycles. The fourth-order valence-corrected chi connectivity index (χ4v) is 7.85. The van der Waals surface area contributed by atoms with Crippen LogP contribution in [0.25, 0.3) is 0 Å². The van der Waals surface area contributed by atoms with Crippen LogP contribution in [0.4, 0.5) is 0 Å². The van der Waals surface area contributed by atoms with Crippen molar-refractivity contribution in [2.45, 2.75) is 69.3 Å². The lowest BCUT2D eigenvalue weighted by molar-refractivity contribution is -0.626. The Morgan fingerprint density at radius 1 is 1.09 bits per heavy atom. The number of fused-ring (bicyclic) bond motifs is 1.